The molecule has 19 heavy (non-hydrogen) atoms. The first-order chi connectivity index (χ1) is 8.84. The average molecular weight is 275 g/mol. The van der Waals surface area contributed by atoms with Gasteiger partial charge in [-0.1, -0.05) is 5.16 Å². The summed E-state index contributed by atoms with van der Waals surface area (Å²) in [7, 11) is 0. The SMILES string of the molecule is NC(CCNC(=O)c1ccc(C(F)(F)F)cc1)=NO. The summed E-state index contributed by atoms with van der Waals surface area (Å²) < 4.78 is 36.9. The van der Waals surface area contributed by atoms with E-state index in [0.717, 1.165) is 24.3 Å². The summed E-state index contributed by atoms with van der Waals surface area (Å²) in [4.78, 5) is 11.5. The highest BCUT2D eigenvalue weighted by Gasteiger charge is 2.30. The van der Waals surface area contributed by atoms with Crippen molar-refractivity contribution in [2.75, 3.05) is 6.54 Å². The Labute approximate surface area is 106 Å². The van der Waals surface area contributed by atoms with E-state index >= 15 is 0 Å². The van der Waals surface area contributed by atoms with Gasteiger partial charge in [-0.15, -0.1) is 0 Å². The smallest absolute Gasteiger partial charge is 0.409 e. The van der Waals surface area contributed by atoms with Gasteiger partial charge in [0.05, 0.1) is 5.56 Å². The van der Waals surface area contributed by atoms with Crippen molar-refractivity contribution in [3.05, 3.63) is 35.4 Å². The van der Waals surface area contributed by atoms with E-state index in [-0.39, 0.29) is 24.4 Å². The molecule has 0 atom stereocenters. The van der Waals surface area contributed by atoms with E-state index in [4.69, 9.17) is 10.9 Å². The fourth-order valence-electron chi connectivity index (χ4n) is 1.27. The van der Waals surface area contributed by atoms with Crippen LogP contribution in [0.15, 0.2) is 29.4 Å². The molecule has 0 unspecified atom stereocenters. The Morgan fingerprint density at radius 1 is 1.32 bits per heavy atom. The molecule has 0 spiro atoms. The van der Waals surface area contributed by atoms with Crippen LogP contribution in [0.3, 0.4) is 0 Å². The summed E-state index contributed by atoms with van der Waals surface area (Å²) in [6, 6.07) is 3.83. The molecule has 5 nitrogen and oxygen atoms in total. The van der Waals surface area contributed by atoms with Crippen LogP contribution < -0.4 is 11.1 Å². The molecule has 0 aliphatic rings. The molecular weight excluding hydrogens is 263 g/mol. The van der Waals surface area contributed by atoms with Crippen molar-refractivity contribution in [2.45, 2.75) is 12.6 Å². The molecule has 104 valence electrons. The zero-order chi connectivity index (χ0) is 14.5. The molecule has 0 saturated carbocycles. The molecule has 0 heterocycles. The third-order valence-corrected chi connectivity index (χ3v) is 2.27. The molecular formula is C11H12F3N3O2. The number of hydrogen-bond acceptors (Lipinski definition) is 3. The first-order valence-electron chi connectivity index (χ1n) is 5.26. The number of carbonyl (C=O) groups excluding carboxylic acids is 1. The summed E-state index contributed by atoms with van der Waals surface area (Å²) >= 11 is 0. The van der Waals surface area contributed by atoms with Gasteiger partial charge in [0.1, 0.15) is 5.84 Å². The van der Waals surface area contributed by atoms with Gasteiger partial charge < -0.3 is 16.3 Å². The number of rotatable bonds is 4. The number of hydrogen-bond donors (Lipinski definition) is 3. The minimum Gasteiger partial charge on any atom is -0.409 e. The van der Waals surface area contributed by atoms with Gasteiger partial charge in [0.2, 0.25) is 0 Å². The monoisotopic (exact) mass is 275 g/mol. The topological polar surface area (TPSA) is 87.7 Å². The molecule has 0 aliphatic heterocycles. The molecule has 0 saturated heterocycles. The summed E-state index contributed by atoms with van der Waals surface area (Å²) in [5.41, 5.74) is 4.47. The molecule has 0 bridgehead atoms. The highest BCUT2D eigenvalue weighted by atomic mass is 19.4. The van der Waals surface area contributed by atoms with Crippen molar-refractivity contribution in [2.24, 2.45) is 10.9 Å². The van der Waals surface area contributed by atoms with Gasteiger partial charge in [-0.05, 0) is 24.3 Å². The van der Waals surface area contributed by atoms with Crippen molar-refractivity contribution in [1.82, 2.24) is 5.32 Å². The van der Waals surface area contributed by atoms with Crippen LogP contribution in [0.5, 0.6) is 0 Å². The molecule has 1 amide bonds. The first kappa shape index (κ1) is 14.8. The van der Waals surface area contributed by atoms with E-state index in [9.17, 15) is 18.0 Å². The lowest BCUT2D eigenvalue weighted by Crippen LogP contribution is -2.28. The Kier molecular flexibility index (Phi) is 4.74. The van der Waals surface area contributed by atoms with Crippen molar-refractivity contribution in [3.63, 3.8) is 0 Å². The standard InChI is InChI=1S/C11H12F3N3O2/c12-11(13,14)8-3-1-7(2-4-8)10(18)16-6-5-9(15)17-19/h1-4,19H,5-6H2,(H2,15,17)(H,16,18). The zero-order valence-corrected chi connectivity index (χ0v) is 9.74. The van der Waals surface area contributed by atoms with E-state index < -0.39 is 17.6 Å². The largest absolute Gasteiger partial charge is 0.416 e. The summed E-state index contributed by atoms with van der Waals surface area (Å²) in [5.74, 6) is -0.577. The number of amides is 1. The zero-order valence-electron chi connectivity index (χ0n) is 9.74. The molecule has 1 aromatic rings. The predicted octanol–water partition coefficient (Wildman–Crippen LogP) is 1.57. The lowest BCUT2D eigenvalue weighted by atomic mass is 10.1. The van der Waals surface area contributed by atoms with E-state index in [1.807, 2.05) is 0 Å². The number of nitrogens with zero attached hydrogens (tertiary/aromatic N) is 1. The Morgan fingerprint density at radius 2 is 1.89 bits per heavy atom. The molecule has 1 aromatic carbocycles. The van der Waals surface area contributed by atoms with Crippen molar-refractivity contribution >= 4 is 11.7 Å². The Morgan fingerprint density at radius 3 is 2.37 bits per heavy atom. The fraction of sp³-hybridized carbons (Fsp3) is 0.273. The molecule has 0 aliphatic carbocycles. The number of alkyl halides is 3. The summed E-state index contributed by atoms with van der Waals surface area (Å²) in [6.45, 7) is 0.121. The summed E-state index contributed by atoms with van der Waals surface area (Å²) in [6.07, 6.45) is -4.29. The molecule has 0 fully saturated rings. The summed E-state index contributed by atoms with van der Waals surface area (Å²) in [5, 5.41) is 13.4. The quantitative estimate of drug-likeness (QED) is 0.337. The van der Waals surface area contributed by atoms with Gasteiger partial charge in [0.25, 0.3) is 5.91 Å². The number of amidine groups is 1. The molecule has 0 aromatic heterocycles. The number of nitrogens with one attached hydrogen (secondary N) is 1. The highest BCUT2D eigenvalue weighted by Crippen LogP contribution is 2.28. The second kappa shape index (κ2) is 6.07. The van der Waals surface area contributed by atoms with Gasteiger partial charge in [0, 0.05) is 18.5 Å². The molecule has 0 radical (unpaired) electrons. The number of nitrogens with two attached hydrogens (primary N) is 1. The van der Waals surface area contributed by atoms with Gasteiger partial charge >= 0.3 is 6.18 Å². The average Bonchev–Trinajstić information content (AvgIpc) is 2.37. The molecule has 1 rings (SSSR count). The third-order valence-electron chi connectivity index (χ3n) is 2.27. The van der Waals surface area contributed by atoms with Crippen LogP contribution in [0, 0.1) is 0 Å². The normalized spacial score (nSPS) is 12.3. The van der Waals surface area contributed by atoms with Crippen LogP contribution in [0.4, 0.5) is 13.2 Å². The van der Waals surface area contributed by atoms with Gasteiger partial charge in [0.15, 0.2) is 0 Å². The van der Waals surface area contributed by atoms with E-state index in [0.29, 0.717) is 0 Å². The lowest BCUT2D eigenvalue weighted by Gasteiger charge is -2.08. The fourth-order valence-corrected chi connectivity index (χ4v) is 1.27. The van der Waals surface area contributed by atoms with E-state index in [2.05, 4.69) is 10.5 Å². The number of oxime groups is 1. The van der Waals surface area contributed by atoms with Crippen molar-refractivity contribution < 1.29 is 23.2 Å². The number of carbonyl (C=O) groups is 1. The Bertz CT molecular complexity index is 469. The second-order valence-electron chi connectivity index (χ2n) is 3.67. The van der Waals surface area contributed by atoms with Crippen LogP contribution in [0.1, 0.15) is 22.3 Å². The van der Waals surface area contributed by atoms with E-state index in [1.165, 1.54) is 0 Å². The predicted molar refractivity (Wildman–Crippen MR) is 61.8 cm³/mol. The Hall–Kier alpha value is -2.25. The van der Waals surface area contributed by atoms with Crippen LogP contribution in [-0.4, -0.2) is 23.5 Å². The van der Waals surface area contributed by atoms with Gasteiger partial charge in [-0.25, -0.2) is 0 Å². The minimum absolute atomic E-state index is 0.0484. The lowest BCUT2D eigenvalue weighted by molar-refractivity contribution is -0.137. The van der Waals surface area contributed by atoms with Crippen LogP contribution in [0.25, 0.3) is 0 Å². The minimum atomic E-state index is -4.43. The Balaban J connectivity index is 2.59. The van der Waals surface area contributed by atoms with Crippen molar-refractivity contribution in [3.8, 4) is 0 Å². The highest BCUT2D eigenvalue weighted by molar-refractivity contribution is 5.94. The third kappa shape index (κ3) is 4.49. The van der Waals surface area contributed by atoms with Crippen LogP contribution in [0.2, 0.25) is 0 Å². The van der Waals surface area contributed by atoms with Crippen molar-refractivity contribution in [1.29, 1.82) is 0 Å². The second-order valence-corrected chi connectivity index (χ2v) is 3.67. The maximum atomic E-state index is 12.3. The maximum Gasteiger partial charge on any atom is 0.416 e. The van der Waals surface area contributed by atoms with Crippen LogP contribution >= 0.6 is 0 Å². The molecule has 8 heteroatoms. The molecule has 4 N–H and O–H groups in total. The van der Waals surface area contributed by atoms with E-state index in [1.54, 1.807) is 0 Å². The number of halogens is 3. The van der Waals surface area contributed by atoms with Gasteiger partial charge in [-0.3, -0.25) is 4.79 Å². The maximum absolute atomic E-state index is 12.3. The van der Waals surface area contributed by atoms with Crippen LogP contribution in [-0.2, 0) is 6.18 Å². The van der Waals surface area contributed by atoms with Gasteiger partial charge in [-0.2, -0.15) is 13.2 Å². The first-order valence-corrected chi connectivity index (χ1v) is 5.26. The number of benzene rings is 1.